The van der Waals surface area contributed by atoms with Crippen LogP contribution in [-0.4, -0.2) is 129 Å². The van der Waals surface area contributed by atoms with Crippen LogP contribution >= 0.6 is 0 Å². The van der Waals surface area contributed by atoms with E-state index in [1.54, 1.807) is 19.2 Å². The number of ether oxygens (including phenoxy) is 4. The summed E-state index contributed by atoms with van der Waals surface area (Å²) in [7, 11) is -2.44. The molecule has 2 saturated heterocycles. The van der Waals surface area contributed by atoms with E-state index in [2.05, 4.69) is 15.8 Å². The summed E-state index contributed by atoms with van der Waals surface area (Å²) in [6, 6.07) is 30.6. The predicted molar refractivity (Wildman–Crippen MR) is 301 cm³/mol. The number of quaternary nitrogens is 1. The molecule has 2 aliphatic rings. The lowest BCUT2D eigenvalue weighted by Crippen LogP contribution is -2.57. The van der Waals surface area contributed by atoms with Crippen LogP contribution in [0.25, 0.3) is 0 Å². The number of rotatable bonds is 30. The van der Waals surface area contributed by atoms with Crippen molar-refractivity contribution >= 4 is 51.5 Å². The Kier molecular flexibility index (Phi) is 24.7. The second-order valence-corrected chi connectivity index (χ2v) is 23.4. The Labute approximate surface area is 471 Å². The highest BCUT2D eigenvalue weighted by Crippen LogP contribution is 2.33. The first-order chi connectivity index (χ1) is 37.9. The normalized spacial score (nSPS) is 17.2. The van der Waals surface area contributed by atoms with Gasteiger partial charge in [0.15, 0.2) is 28.8 Å². The molecular formula is C61H80N4O14S. The van der Waals surface area contributed by atoms with Crippen molar-refractivity contribution in [2.24, 2.45) is 28.8 Å². The number of epoxide rings is 1. The summed E-state index contributed by atoms with van der Waals surface area (Å²) >= 11 is 0. The summed E-state index contributed by atoms with van der Waals surface area (Å²) in [4.78, 5) is 88.8. The van der Waals surface area contributed by atoms with Crippen LogP contribution < -0.4 is 20.1 Å². The van der Waals surface area contributed by atoms with Gasteiger partial charge in [-0.25, -0.2) is 8.42 Å². The van der Waals surface area contributed by atoms with Gasteiger partial charge in [0.05, 0.1) is 48.2 Å². The SMILES string of the molecule is CO/N=C/c1ccc(COc2cc(C[N+]3(CC(=O)C[C@@H](CCc4ccccc4)C(=O)N[C@@H](CC(C)C)C(=O)C[C@@H](Cc4ccccc4)C(=O)N[C@@H](CC(C)C)C(=O)[C@@]4(C)CO4)CCOCC3)ccc2OC(C)=O)cc1.CS(=O)(=O)[O-]. The molecule has 0 bridgehead atoms. The van der Waals surface area contributed by atoms with E-state index in [0.717, 1.165) is 27.8 Å². The molecule has 18 nitrogen and oxygen atoms in total. The number of ketones is 3. The second-order valence-electron chi connectivity index (χ2n) is 22.0. The van der Waals surface area contributed by atoms with Crippen molar-refractivity contribution in [2.75, 3.05) is 52.8 Å². The summed E-state index contributed by atoms with van der Waals surface area (Å²) in [6.07, 6.45) is 3.88. The van der Waals surface area contributed by atoms with Crippen LogP contribution in [0.15, 0.2) is 108 Å². The Morgan fingerprint density at radius 1 is 0.762 bits per heavy atom. The Hall–Kier alpha value is -6.64. The average molecular weight is 1130 g/mol. The first-order valence-corrected chi connectivity index (χ1v) is 29.1. The van der Waals surface area contributed by atoms with E-state index >= 15 is 0 Å². The lowest BCUT2D eigenvalue weighted by molar-refractivity contribution is -0.940. The molecule has 434 valence electrons. The monoisotopic (exact) mass is 1120 g/mol. The minimum atomic E-state index is -3.92. The van der Waals surface area contributed by atoms with Crippen molar-refractivity contribution in [2.45, 2.75) is 117 Å². The van der Waals surface area contributed by atoms with E-state index < -0.39 is 57.4 Å². The molecule has 6 rings (SSSR count). The Morgan fingerprint density at radius 3 is 1.90 bits per heavy atom. The number of hydrogen-bond acceptors (Lipinski definition) is 15. The number of nitrogens with one attached hydrogen (secondary N) is 2. The van der Waals surface area contributed by atoms with Gasteiger partial charge < -0.3 is 43.5 Å². The van der Waals surface area contributed by atoms with Crippen molar-refractivity contribution in [1.29, 1.82) is 0 Å². The highest BCUT2D eigenvalue weighted by molar-refractivity contribution is 7.84. The summed E-state index contributed by atoms with van der Waals surface area (Å²) in [5.41, 5.74) is 3.54. The van der Waals surface area contributed by atoms with Gasteiger partial charge in [0, 0.05) is 43.4 Å². The lowest BCUT2D eigenvalue weighted by atomic mass is 9.87. The molecule has 0 unspecified atom stereocenters. The standard InChI is InChI=1S/C60H76N4O11.CH4O3S/c1-41(2)30-52(54(67)35-50(32-45-16-12-9-13-17-45)59(70)63-53(31-42(3)4)57(68)60(6)40-74-60)62-58(69)49(24-22-44-14-10-8-11-15-44)34-51(66)38-64(26-28-72-29-27-64)37-48-23-25-55(75-43(5)65)56(33-48)73-39-47-20-18-46(19-21-47)36-61-71-7;1-5(2,3)4/h8-21,23,25,33,36,41-42,49-50,52-53H,22,24,26-32,34-35,37-40H2,1-7H3,(H-,62,63,69,70);1H3,(H,2,3,4)/b61-36+;/t49-,50-,52+,53+,60-;/m1./s1. The van der Waals surface area contributed by atoms with Crippen molar-refractivity contribution in [3.63, 3.8) is 0 Å². The van der Waals surface area contributed by atoms with Crippen LogP contribution in [0.4, 0.5) is 0 Å². The average Bonchev–Trinajstić information content (AvgIpc) is 4.17. The quantitative estimate of drug-likeness (QED) is 0.0100. The number of benzene rings is 4. The third-order valence-electron chi connectivity index (χ3n) is 13.9. The van der Waals surface area contributed by atoms with Crippen LogP contribution in [0.3, 0.4) is 0 Å². The molecule has 5 atom stereocenters. The number of esters is 1. The van der Waals surface area contributed by atoms with E-state index in [0.29, 0.717) is 81.6 Å². The maximum Gasteiger partial charge on any atom is 0.308 e. The molecule has 2 heterocycles. The van der Waals surface area contributed by atoms with Gasteiger partial charge in [-0.05, 0) is 91.3 Å². The number of aryl methyl sites for hydroxylation is 1. The second kappa shape index (κ2) is 30.8. The van der Waals surface area contributed by atoms with Gasteiger partial charge in [-0.15, -0.1) is 0 Å². The number of hydrogen-bond donors (Lipinski definition) is 2. The molecule has 80 heavy (non-hydrogen) atoms. The van der Waals surface area contributed by atoms with Crippen LogP contribution in [-0.2, 0) is 79.2 Å². The van der Waals surface area contributed by atoms with Crippen LogP contribution in [0.2, 0.25) is 0 Å². The zero-order chi connectivity index (χ0) is 58.5. The minimum absolute atomic E-state index is 0.00489. The molecule has 0 aromatic heterocycles. The largest absolute Gasteiger partial charge is 0.748 e. The Bertz CT molecular complexity index is 2810. The van der Waals surface area contributed by atoms with Crippen molar-refractivity contribution in [3.8, 4) is 11.5 Å². The number of amides is 2. The molecule has 2 fully saturated rings. The van der Waals surface area contributed by atoms with Gasteiger partial charge in [0.1, 0.15) is 45.5 Å². The first-order valence-electron chi connectivity index (χ1n) is 27.3. The molecular weight excluding hydrogens is 1040 g/mol. The maximum absolute atomic E-state index is 14.7. The number of oxime groups is 1. The highest BCUT2D eigenvalue weighted by atomic mass is 32.2. The molecule has 0 radical (unpaired) electrons. The molecule has 4 aromatic carbocycles. The fourth-order valence-electron chi connectivity index (χ4n) is 9.68. The van der Waals surface area contributed by atoms with Gasteiger partial charge >= 0.3 is 5.97 Å². The predicted octanol–water partition coefficient (Wildman–Crippen LogP) is 7.13. The Balaban J connectivity index is 0.00000225. The van der Waals surface area contributed by atoms with E-state index in [-0.39, 0.29) is 67.3 Å². The molecule has 0 spiro atoms. The fraction of sp³-hybridized carbons (Fsp3) is 0.492. The number of nitrogens with zero attached hydrogens (tertiary/aromatic N) is 2. The third-order valence-corrected chi connectivity index (χ3v) is 13.9. The number of carbonyl (C=O) groups is 6. The maximum atomic E-state index is 14.7. The molecule has 2 N–H and O–H groups in total. The van der Waals surface area contributed by atoms with Gasteiger partial charge in [-0.1, -0.05) is 118 Å². The summed E-state index contributed by atoms with van der Waals surface area (Å²) < 4.78 is 50.7. The number of carbonyl (C=O) groups excluding carboxylic acids is 6. The highest BCUT2D eigenvalue weighted by Gasteiger charge is 2.50. The molecule has 0 aliphatic carbocycles. The van der Waals surface area contributed by atoms with Gasteiger partial charge in [-0.3, -0.25) is 28.8 Å². The summed E-state index contributed by atoms with van der Waals surface area (Å²) in [5, 5.41) is 9.91. The van der Waals surface area contributed by atoms with Crippen LogP contribution in [0.1, 0.15) is 101 Å². The zero-order valence-electron chi connectivity index (χ0n) is 47.5. The molecule has 4 aromatic rings. The van der Waals surface area contributed by atoms with Gasteiger partial charge in [0.2, 0.25) is 11.8 Å². The van der Waals surface area contributed by atoms with Crippen LogP contribution in [0.5, 0.6) is 11.5 Å². The molecule has 2 aliphatic heterocycles. The van der Waals surface area contributed by atoms with Crippen molar-refractivity contribution in [1.82, 2.24) is 10.6 Å². The summed E-state index contributed by atoms with van der Waals surface area (Å²) in [6.45, 7) is 14.0. The lowest BCUT2D eigenvalue weighted by Gasteiger charge is -2.41. The van der Waals surface area contributed by atoms with E-state index in [1.807, 2.05) is 125 Å². The van der Waals surface area contributed by atoms with E-state index in [9.17, 15) is 28.8 Å². The van der Waals surface area contributed by atoms with Crippen molar-refractivity contribution in [3.05, 3.63) is 131 Å². The summed E-state index contributed by atoms with van der Waals surface area (Å²) in [5.74, 6) is -2.69. The van der Waals surface area contributed by atoms with Gasteiger partial charge in [-0.2, -0.15) is 0 Å². The smallest absolute Gasteiger partial charge is 0.308 e. The minimum Gasteiger partial charge on any atom is -0.748 e. The number of morpholine rings is 1. The van der Waals surface area contributed by atoms with Crippen LogP contribution in [0, 0.1) is 23.7 Å². The molecule has 0 saturated carbocycles. The van der Waals surface area contributed by atoms with Crippen molar-refractivity contribution < 1.29 is 70.0 Å². The number of Topliss-reactive ketones (excluding diaryl/α,β-unsaturated/α-hetero) is 3. The zero-order valence-corrected chi connectivity index (χ0v) is 48.3. The first kappa shape index (κ1) is 64.2. The topological polar surface area (TPSA) is 245 Å². The van der Waals surface area contributed by atoms with E-state index in [1.165, 1.54) is 14.0 Å². The molecule has 2 amide bonds. The third kappa shape index (κ3) is 22.5. The van der Waals surface area contributed by atoms with Gasteiger partial charge in [0.25, 0.3) is 0 Å². The fourth-order valence-corrected chi connectivity index (χ4v) is 9.68. The Morgan fingerprint density at radius 2 is 1.32 bits per heavy atom. The molecule has 19 heteroatoms. The van der Waals surface area contributed by atoms with E-state index in [4.69, 9.17) is 36.8 Å².